The van der Waals surface area contributed by atoms with Crippen LogP contribution in [0.5, 0.6) is 0 Å². The molecule has 0 atom stereocenters. The Morgan fingerprint density at radius 3 is 1.25 bits per heavy atom. The van der Waals surface area contributed by atoms with Crippen LogP contribution in [-0.2, 0) is 19.1 Å². The maximum absolute atomic E-state index is 11.2. The first-order valence-corrected chi connectivity index (χ1v) is 17.1. The van der Waals surface area contributed by atoms with Crippen molar-refractivity contribution in [2.24, 2.45) is 0 Å². The molecule has 0 aromatic rings. The molecule has 0 unspecified atom stereocenters. The maximum Gasteiger partial charge on any atom is 0.333 e. The van der Waals surface area contributed by atoms with E-state index in [-0.39, 0.29) is 18.0 Å². The van der Waals surface area contributed by atoms with Gasteiger partial charge in [0.05, 0.1) is 6.61 Å². The molecule has 1 saturated carbocycles. The van der Waals surface area contributed by atoms with Crippen LogP contribution in [-0.4, -0.2) is 24.6 Å². The van der Waals surface area contributed by atoms with Crippen molar-refractivity contribution < 1.29 is 19.1 Å². The predicted octanol–water partition coefficient (Wildman–Crippen LogP) is 11.4. The molecule has 0 aromatic heterocycles. The van der Waals surface area contributed by atoms with Gasteiger partial charge in [-0.15, -0.1) is 0 Å². The van der Waals surface area contributed by atoms with Crippen LogP contribution in [0.15, 0.2) is 24.3 Å². The SMILES string of the molecule is C=C(C)C(=O)OC1CCCCC1.C=C(C)C(=O)OCCCCCCCCCCCCCCCCCCCCCC. The van der Waals surface area contributed by atoms with E-state index in [2.05, 4.69) is 20.1 Å². The fourth-order valence-electron chi connectivity index (χ4n) is 5.08. The lowest BCUT2D eigenvalue weighted by Crippen LogP contribution is -2.20. The Hall–Kier alpha value is -1.58. The van der Waals surface area contributed by atoms with Gasteiger partial charge in [-0.2, -0.15) is 0 Å². The predicted molar refractivity (Wildman–Crippen MR) is 172 cm³/mol. The Kier molecular flexibility index (Phi) is 27.8. The van der Waals surface area contributed by atoms with Gasteiger partial charge in [0.25, 0.3) is 0 Å². The number of rotatable bonds is 24. The van der Waals surface area contributed by atoms with Crippen LogP contribution in [0.4, 0.5) is 0 Å². The van der Waals surface area contributed by atoms with Crippen LogP contribution >= 0.6 is 0 Å². The average molecular weight is 563 g/mol. The lowest BCUT2D eigenvalue weighted by Gasteiger charge is -2.21. The van der Waals surface area contributed by atoms with Crippen molar-refractivity contribution in [3.05, 3.63) is 24.3 Å². The zero-order valence-electron chi connectivity index (χ0n) is 27.0. The standard InChI is InChI=1S/C26H50O2.C10H16O2/c1-4-5-6-7-8-9-10-11-12-13-14-15-16-17-18-19-20-21-22-23-24-28-26(27)25(2)3;1-8(2)10(11)12-9-6-4-3-5-7-9/h2,4-24H2,1,3H3;9H,1,3-7H2,2H3. The highest BCUT2D eigenvalue weighted by Gasteiger charge is 2.17. The molecule has 0 spiro atoms. The van der Waals surface area contributed by atoms with E-state index in [0.29, 0.717) is 17.8 Å². The molecule has 0 saturated heterocycles. The molecule has 1 aliphatic rings. The van der Waals surface area contributed by atoms with E-state index >= 15 is 0 Å². The highest BCUT2D eigenvalue weighted by Crippen LogP contribution is 2.21. The van der Waals surface area contributed by atoms with E-state index in [1.807, 2.05) is 0 Å². The fraction of sp³-hybridized carbons (Fsp3) is 0.833. The molecule has 40 heavy (non-hydrogen) atoms. The van der Waals surface area contributed by atoms with E-state index in [4.69, 9.17) is 9.47 Å². The number of hydrogen-bond acceptors (Lipinski definition) is 4. The molecule has 0 bridgehead atoms. The van der Waals surface area contributed by atoms with E-state index in [1.165, 1.54) is 141 Å². The van der Waals surface area contributed by atoms with Crippen LogP contribution in [0, 0.1) is 0 Å². The largest absolute Gasteiger partial charge is 0.462 e. The molecule has 0 aliphatic heterocycles. The Morgan fingerprint density at radius 2 is 0.900 bits per heavy atom. The molecule has 4 nitrogen and oxygen atoms in total. The lowest BCUT2D eigenvalue weighted by atomic mass is 9.98. The summed E-state index contributed by atoms with van der Waals surface area (Å²) in [6.07, 6.45) is 33.5. The van der Waals surface area contributed by atoms with Gasteiger partial charge in [-0.1, -0.05) is 148 Å². The molecule has 0 radical (unpaired) electrons. The molecule has 4 heteroatoms. The first-order valence-electron chi connectivity index (χ1n) is 17.1. The maximum atomic E-state index is 11.2. The molecule has 0 N–H and O–H groups in total. The van der Waals surface area contributed by atoms with Gasteiger partial charge in [-0.3, -0.25) is 0 Å². The summed E-state index contributed by atoms with van der Waals surface area (Å²) in [5, 5.41) is 0. The number of esters is 2. The van der Waals surface area contributed by atoms with Gasteiger partial charge < -0.3 is 9.47 Å². The van der Waals surface area contributed by atoms with Gasteiger partial charge in [0, 0.05) is 11.1 Å². The van der Waals surface area contributed by atoms with Crippen molar-refractivity contribution in [3.8, 4) is 0 Å². The van der Waals surface area contributed by atoms with E-state index in [1.54, 1.807) is 13.8 Å². The molecular formula is C36H66O4. The summed E-state index contributed by atoms with van der Waals surface area (Å²) in [6, 6.07) is 0. The van der Waals surface area contributed by atoms with Crippen molar-refractivity contribution >= 4 is 11.9 Å². The van der Waals surface area contributed by atoms with E-state index < -0.39 is 0 Å². The third-order valence-corrected chi connectivity index (χ3v) is 7.75. The van der Waals surface area contributed by atoms with Crippen LogP contribution < -0.4 is 0 Å². The fourth-order valence-corrected chi connectivity index (χ4v) is 5.08. The summed E-state index contributed by atoms with van der Waals surface area (Å²) in [6.45, 7) is 13.3. The molecule has 1 rings (SSSR count). The molecular weight excluding hydrogens is 496 g/mol. The molecule has 1 fully saturated rings. The molecule has 0 aromatic carbocycles. The minimum Gasteiger partial charge on any atom is -0.462 e. The summed E-state index contributed by atoms with van der Waals surface area (Å²) in [5.74, 6) is -0.486. The zero-order chi connectivity index (χ0) is 29.7. The quantitative estimate of drug-likeness (QED) is 0.0667. The van der Waals surface area contributed by atoms with Gasteiger partial charge in [-0.05, 0) is 46.0 Å². The average Bonchev–Trinajstić information content (AvgIpc) is 2.94. The van der Waals surface area contributed by atoms with Crippen molar-refractivity contribution in [2.45, 2.75) is 187 Å². The van der Waals surface area contributed by atoms with Crippen molar-refractivity contribution in [1.29, 1.82) is 0 Å². The van der Waals surface area contributed by atoms with Crippen molar-refractivity contribution in [3.63, 3.8) is 0 Å². The number of hydrogen-bond donors (Lipinski definition) is 0. The topological polar surface area (TPSA) is 52.6 Å². The second-order valence-corrected chi connectivity index (χ2v) is 12.1. The van der Waals surface area contributed by atoms with Crippen LogP contribution in [0.25, 0.3) is 0 Å². The third-order valence-electron chi connectivity index (χ3n) is 7.75. The number of ether oxygens (including phenoxy) is 2. The summed E-state index contributed by atoms with van der Waals surface area (Å²) >= 11 is 0. The number of unbranched alkanes of at least 4 members (excludes halogenated alkanes) is 19. The summed E-state index contributed by atoms with van der Waals surface area (Å²) in [4.78, 5) is 22.3. The van der Waals surface area contributed by atoms with Gasteiger partial charge >= 0.3 is 11.9 Å². The van der Waals surface area contributed by atoms with Crippen molar-refractivity contribution in [2.75, 3.05) is 6.61 Å². The van der Waals surface area contributed by atoms with Crippen LogP contribution in [0.1, 0.15) is 181 Å². The molecule has 234 valence electrons. The van der Waals surface area contributed by atoms with Crippen LogP contribution in [0.2, 0.25) is 0 Å². The van der Waals surface area contributed by atoms with Gasteiger partial charge in [-0.25, -0.2) is 9.59 Å². The number of carbonyl (C=O) groups is 2. The Bertz CT molecular complexity index is 633. The summed E-state index contributed by atoms with van der Waals surface area (Å²) < 4.78 is 10.3. The summed E-state index contributed by atoms with van der Waals surface area (Å²) in [5.41, 5.74) is 0.994. The van der Waals surface area contributed by atoms with Crippen LogP contribution in [0.3, 0.4) is 0 Å². The second kappa shape index (κ2) is 28.9. The second-order valence-electron chi connectivity index (χ2n) is 12.1. The Labute approximate surface area is 249 Å². The highest BCUT2D eigenvalue weighted by molar-refractivity contribution is 5.87. The lowest BCUT2D eigenvalue weighted by molar-refractivity contribution is -0.145. The summed E-state index contributed by atoms with van der Waals surface area (Å²) in [7, 11) is 0. The third kappa shape index (κ3) is 26.6. The molecule has 1 aliphatic carbocycles. The van der Waals surface area contributed by atoms with Gasteiger partial charge in [0.15, 0.2) is 0 Å². The zero-order valence-corrected chi connectivity index (χ0v) is 27.0. The highest BCUT2D eigenvalue weighted by atomic mass is 16.5. The normalized spacial score (nSPS) is 13.3. The van der Waals surface area contributed by atoms with Gasteiger partial charge in [0.2, 0.25) is 0 Å². The first-order chi connectivity index (χ1) is 19.4. The Morgan fingerprint density at radius 1 is 0.550 bits per heavy atom. The Balaban J connectivity index is 0.00000104. The molecule has 0 heterocycles. The van der Waals surface area contributed by atoms with Crippen molar-refractivity contribution in [1.82, 2.24) is 0 Å². The number of carbonyl (C=O) groups excluding carboxylic acids is 2. The minimum atomic E-state index is -0.252. The van der Waals surface area contributed by atoms with E-state index in [9.17, 15) is 9.59 Å². The smallest absolute Gasteiger partial charge is 0.333 e. The van der Waals surface area contributed by atoms with Gasteiger partial charge in [0.1, 0.15) is 6.10 Å². The molecule has 0 amide bonds. The minimum absolute atomic E-state index is 0.156. The first kappa shape index (κ1) is 38.4. The monoisotopic (exact) mass is 562 g/mol. The van der Waals surface area contributed by atoms with E-state index in [0.717, 1.165) is 19.3 Å².